The highest BCUT2D eigenvalue weighted by Gasteiger charge is 2.42. The number of hydrogen-bond acceptors (Lipinski definition) is 4. The minimum absolute atomic E-state index is 0.0421. The molecule has 2 aliphatic rings. The third kappa shape index (κ3) is 2.27. The zero-order chi connectivity index (χ0) is 12.6. The largest absolute Gasteiger partial charge is 0.454 e. The molecule has 18 heavy (non-hydrogen) atoms. The van der Waals surface area contributed by atoms with E-state index >= 15 is 0 Å². The van der Waals surface area contributed by atoms with Crippen molar-refractivity contribution in [3.8, 4) is 11.5 Å². The molecule has 0 unspecified atom stereocenters. The monoisotopic (exact) mass is 265 g/mol. The van der Waals surface area contributed by atoms with Crippen molar-refractivity contribution in [2.45, 2.75) is 19.3 Å². The van der Waals surface area contributed by atoms with E-state index in [1.165, 1.54) is 0 Å². The number of fused-ring (bicyclic) bond motifs is 1. The van der Waals surface area contributed by atoms with Gasteiger partial charge in [0.15, 0.2) is 11.5 Å². The van der Waals surface area contributed by atoms with Crippen molar-refractivity contribution in [2.75, 3.05) is 17.9 Å². The van der Waals surface area contributed by atoms with Gasteiger partial charge in [0.25, 0.3) is 0 Å². The molecule has 1 heterocycles. The first-order chi connectivity index (χ1) is 8.71. The number of carbonyl (C=O) groups is 1. The molecule has 0 spiro atoms. The Hall–Kier alpha value is -1.36. The highest BCUT2D eigenvalue weighted by atomic mass is 32.1. The summed E-state index contributed by atoms with van der Waals surface area (Å²) in [6.07, 6.45) is 2.75. The molecule has 96 valence electrons. The second-order valence-corrected chi connectivity index (χ2v) is 5.27. The first-order valence-corrected chi connectivity index (χ1v) is 6.64. The Morgan fingerprint density at radius 2 is 2.11 bits per heavy atom. The number of hydrogen-bond donors (Lipinski definition) is 2. The molecule has 1 saturated carbocycles. The molecule has 1 fully saturated rings. The summed E-state index contributed by atoms with van der Waals surface area (Å²) >= 11 is 4.30. The van der Waals surface area contributed by atoms with Gasteiger partial charge in [-0.2, -0.15) is 12.6 Å². The van der Waals surface area contributed by atoms with E-state index in [-0.39, 0.29) is 18.1 Å². The predicted molar refractivity (Wildman–Crippen MR) is 71.3 cm³/mol. The summed E-state index contributed by atoms with van der Waals surface area (Å²) in [5.74, 6) is 2.23. The van der Waals surface area contributed by atoms with Gasteiger partial charge in [0.05, 0.1) is 0 Å². The first-order valence-electron chi connectivity index (χ1n) is 6.01. The molecule has 0 atom stereocenters. The molecule has 0 aromatic heterocycles. The average Bonchev–Trinajstić information content (AvgIpc) is 2.97. The molecule has 4 nitrogen and oxygen atoms in total. The van der Waals surface area contributed by atoms with Crippen LogP contribution in [0.4, 0.5) is 5.69 Å². The summed E-state index contributed by atoms with van der Waals surface area (Å²) in [4.78, 5) is 11.9. The van der Waals surface area contributed by atoms with Crippen LogP contribution in [-0.4, -0.2) is 18.5 Å². The van der Waals surface area contributed by atoms with Crippen LogP contribution in [-0.2, 0) is 4.79 Å². The minimum atomic E-state index is 0.0421. The molecule has 1 aromatic rings. The lowest BCUT2D eigenvalue weighted by Crippen LogP contribution is -2.18. The van der Waals surface area contributed by atoms with Gasteiger partial charge in [-0.15, -0.1) is 0 Å². The first kappa shape index (κ1) is 11.7. The fourth-order valence-corrected chi connectivity index (χ4v) is 2.52. The van der Waals surface area contributed by atoms with Crippen LogP contribution in [0.5, 0.6) is 11.5 Å². The predicted octanol–water partition coefficient (Wildman–Crippen LogP) is 2.45. The molecule has 5 heteroatoms. The van der Waals surface area contributed by atoms with Crippen LogP contribution in [0.1, 0.15) is 19.3 Å². The van der Waals surface area contributed by atoms with Crippen molar-refractivity contribution in [3.63, 3.8) is 0 Å². The van der Waals surface area contributed by atoms with E-state index in [0.717, 1.165) is 30.0 Å². The van der Waals surface area contributed by atoms with Crippen molar-refractivity contribution < 1.29 is 14.3 Å². The zero-order valence-electron chi connectivity index (χ0n) is 9.94. The lowest BCUT2D eigenvalue weighted by Gasteiger charge is -2.11. The molecule has 3 rings (SSSR count). The summed E-state index contributed by atoms with van der Waals surface area (Å²) in [6, 6.07) is 5.43. The lowest BCUT2D eigenvalue weighted by atomic mass is 10.1. The summed E-state index contributed by atoms with van der Waals surface area (Å²) in [6.45, 7) is 0.246. The Morgan fingerprint density at radius 1 is 1.33 bits per heavy atom. The molecule has 1 N–H and O–H groups in total. The summed E-state index contributed by atoms with van der Waals surface area (Å²) in [5.41, 5.74) is 0.892. The van der Waals surface area contributed by atoms with Crippen molar-refractivity contribution in [3.05, 3.63) is 18.2 Å². The zero-order valence-corrected chi connectivity index (χ0v) is 10.8. The summed E-state index contributed by atoms with van der Waals surface area (Å²) in [7, 11) is 0. The van der Waals surface area contributed by atoms with E-state index < -0.39 is 0 Å². The molecular weight excluding hydrogens is 250 g/mol. The van der Waals surface area contributed by atoms with E-state index in [1.54, 1.807) is 6.07 Å². The number of benzene rings is 1. The van der Waals surface area contributed by atoms with E-state index in [0.29, 0.717) is 12.2 Å². The minimum Gasteiger partial charge on any atom is -0.454 e. The van der Waals surface area contributed by atoms with Gasteiger partial charge in [0, 0.05) is 18.2 Å². The topological polar surface area (TPSA) is 47.6 Å². The molecule has 1 aliphatic heterocycles. The van der Waals surface area contributed by atoms with Gasteiger partial charge in [-0.25, -0.2) is 0 Å². The quantitative estimate of drug-likeness (QED) is 0.822. The number of ether oxygens (including phenoxy) is 2. The average molecular weight is 265 g/mol. The van der Waals surface area contributed by atoms with Crippen molar-refractivity contribution in [1.82, 2.24) is 0 Å². The second kappa shape index (κ2) is 4.39. The number of thiol groups is 1. The van der Waals surface area contributed by atoms with Gasteiger partial charge in [-0.1, -0.05) is 0 Å². The Labute approximate surface area is 111 Å². The summed E-state index contributed by atoms with van der Waals surface area (Å²) in [5, 5.41) is 2.89. The highest BCUT2D eigenvalue weighted by molar-refractivity contribution is 7.80. The van der Waals surface area contributed by atoms with Crippen LogP contribution in [0.2, 0.25) is 0 Å². The SMILES string of the molecule is O=C(CC1(CS)CC1)Nc1ccc2c(c1)OCO2. The van der Waals surface area contributed by atoms with Crippen LogP contribution in [0.15, 0.2) is 18.2 Å². The standard InChI is InChI=1S/C13H15NO3S/c15-12(6-13(7-18)3-4-13)14-9-1-2-10-11(5-9)17-8-16-10/h1-2,5,18H,3-4,6-8H2,(H,14,15). The molecular formula is C13H15NO3S. The van der Waals surface area contributed by atoms with Crippen LogP contribution in [0.3, 0.4) is 0 Å². The number of amides is 1. The Bertz CT molecular complexity index is 485. The van der Waals surface area contributed by atoms with Crippen molar-refractivity contribution in [1.29, 1.82) is 0 Å². The molecule has 1 aromatic carbocycles. The Morgan fingerprint density at radius 3 is 2.83 bits per heavy atom. The molecule has 1 amide bonds. The highest BCUT2D eigenvalue weighted by Crippen LogP contribution is 2.49. The van der Waals surface area contributed by atoms with Crippen LogP contribution < -0.4 is 14.8 Å². The van der Waals surface area contributed by atoms with Crippen molar-refractivity contribution in [2.24, 2.45) is 5.41 Å². The normalized spacial score (nSPS) is 18.5. The molecule has 0 bridgehead atoms. The van der Waals surface area contributed by atoms with Gasteiger partial charge in [0.1, 0.15) is 0 Å². The maximum absolute atomic E-state index is 11.9. The maximum Gasteiger partial charge on any atom is 0.231 e. The van der Waals surface area contributed by atoms with Crippen LogP contribution >= 0.6 is 12.6 Å². The van der Waals surface area contributed by atoms with Crippen LogP contribution in [0.25, 0.3) is 0 Å². The smallest absolute Gasteiger partial charge is 0.231 e. The van der Waals surface area contributed by atoms with Gasteiger partial charge in [-0.3, -0.25) is 4.79 Å². The Kier molecular flexibility index (Phi) is 2.86. The van der Waals surface area contributed by atoms with E-state index in [4.69, 9.17) is 9.47 Å². The number of rotatable bonds is 4. The van der Waals surface area contributed by atoms with Crippen LogP contribution in [0, 0.1) is 5.41 Å². The number of nitrogens with one attached hydrogen (secondary N) is 1. The lowest BCUT2D eigenvalue weighted by molar-refractivity contribution is -0.117. The van der Waals surface area contributed by atoms with Gasteiger partial charge in [-0.05, 0) is 36.1 Å². The van der Waals surface area contributed by atoms with Crippen molar-refractivity contribution >= 4 is 24.2 Å². The van der Waals surface area contributed by atoms with E-state index in [9.17, 15) is 4.79 Å². The van der Waals surface area contributed by atoms with Gasteiger partial charge >= 0.3 is 0 Å². The third-order valence-corrected chi connectivity index (χ3v) is 4.16. The maximum atomic E-state index is 11.9. The third-order valence-electron chi connectivity index (χ3n) is 3.48. The fraction of sp³-hybridized carbons (Fsp3) is 0.462. The van der Waals surface area contributed by atoms with Gasteiger partial charge in [0.2, 0.25) is 12.7 Å². The molecule has 1 aliphatic carbocycles. The number of anilines is 1. The molecule has 0 saturated heterocycles. The Balaban J connectivity index is 1.64. The van der Waals surface area contributed by atoms with Gasteiger partial charge < -0.3 is 14.8 Å². The fourth-order valence-electron chi connectivity index (χ4n) is 2.09. The number of carbonyl (C=O) groups excluding carboxylic acids is 1. The summed E-state index contributed by atoms with van der Waals surface area (Å²) < 4.78 is 10.5. The van der Waals surface area contributed by atoms with E-state index in [2.05, 4.69) is 17.9 Å². The second-order valence-electron chi connectivity index (χ2n) is 4.95. The van der Waals surface area contributed by atoms with E-state index in [1.807, 2.05) is 12.1 Å². The molecule has 0 radical (unpaired) electrons.